The van der Waals surface area contributed by atoms with Crippen molar-refractivity contribution in [1.29, 1.82) is 0 Å². The van der Waals surface area contributed by atoms with Gasteiger partial charge < -0.3 is 9.72 Å². The maximum atomic E-state index is 5.44. The Morgan fingerprint density at radius 3 is 3.17 bits per heavy atom. The fourth-order valence-corrected chi connectivity index (χ4v) is 2.92. The first kappa shape index (κ1) is 11.3. The second-order valence-electron chi connectivity index (χ2n) is 4.99. The zero-order valence-corrected chi connectivity index (χ0v) is 10.6. The Bertz CT molecular complexity index is 519. The number of nitrogens with zero attached hydrogens (tertiary/aromatic N) is 1. The second kappa shape index (κ2) is 4.84. The largest absolute Gasteiger partial charge is 0.496 e. The highest BCUT2D eigenvalue weighted by Gasteiger charge is 2.21. The molecule has 0 bridgehead atoms. The van der Waals surface area contributed by atoms with Crippen LogP contribution in [0.4, 0.5) is 0 Å². The number of nitrogens with one attached hydrogen (secondary N) is 1. The molecule has 3 heteroatoms. The number of rotatable bonds is 3. The van der Waals surface area contributed by atoms with Gasteiger partial charge in [-0.25, -0.2) is 4.98 Å². The fraction of sp³-hybridized carbons (Fsp3) is 0.400. The van der Waals surface area contributed by atoms with E-state index in [0.29, 0.717) is 5.92 Å². The van der Waals surface area contributed by atoms with Gasteiger partial charge in [0.15, 0.2) is 0 Å². The number of ether oxygens (including phenoxy) is 1. The first-order valence-corrected chi connectivity index (χ1v) is 6.49. The average Bonchev–Trinajstić information content (AvgIpc) is 2.90. The zero-order chi connectivity index (χ0) is 12.4. The molecule has 1 aromatic carbocycles. The molecular formula is C15H18N2O. The lowest BCUT2D eigenvalue weighted by Crippen LogP contribution is -2.17. The molecule has 0 saturated heterocycles. The van der Waals surface area contributed by atoms with E-state index in [1.54, 1.807) is 13.4 Å². The summed E-state index contributed by atoms with van der Waals surface area (Å²) in [7, 11) is 1.76. The summed E-state index contributed by atoms with van der Waals surface area (Å²) in [6.45, 7) is 0. The van der Waals surface area contributed by atoms with Crippen LogP contribution in [0.3, 0.4) is 0 Å². The van der Waals surface area contributed by atoms with Crippen molar-refractivity contribution in [3.8, 4) is 5.75 Å². The average molecular weight is 242 g/mol. The van der Waals surface area contributed by atoms with Crippen LogP contribution in [0.5, 0.6) is 5.75 Å². The Morgan fingerprint density at radius 2 is 2.39 bits per heavy atom. The number of methoxy groups -OCH3 is 1. The van der Waals surface area contributed by atoms with Gasteiger partial charge in [-0.15, -0.1) is 0 Å². The Labute approximate surface area is 107 Å². The molecule has 1 unspecified atom stereocenters. The minimum absolute atomic E-state index is 0.713. The van der Waals surface area contributed by atoms with E-state index in [1.165, 1.54) is 23.2 Å². The topological polar surface area (TPSA) is 37.9 Å². The van der Waals surface area contributed by atoms with Gasteiger partial charge in [-0.1, -0.05) is 12.1 Å². The van der Waals surface area contributed by atoms with Crippen LogP contribution in [0, 0.1) is 5.92 Å². The monoisotopic (exact) mass is 242 g/mol. The van der Waals surface area contributed by atoms with Crippen LogP contribution < -0.4 is 4.74 Å². The van der Waals surface area contributed by atoms with Crippen LogP contribution in [0.2, 0.25) is 0 Å². The van der Waals surface area contributed by atoms with Gasteiger partial charge in [-0.2, -0.15) is 0 Å². The van der Waals surface area contributed by atoms with Gasteiger partial charge in [0, 0.05) is 11.9 Å². The first-order chi connectivity index (χ1) is 8.86. The lowest BCUT2D eigenvalue weighted by Gasteiger charge is -2.25. The van der Waals surface area contributed by atoms with Crippen LogP contribution in [0.1, 0.15) is 23.2 Å². The third-order valence-electron chi connectivity index (χ3n) is 3.82. The number of H-pyrrole nitrogens is 1. The molecule has 0 aliphatic heterocycles. The van der Waals surface area contributed by atoms with Crippen LogP contribution in [0.25, 0.3) is 0 Å². The van der Waals surface area contributed by atoms with Gasteiger partial charge in [-0.05, 0) is 48.8 Å². The molecule has 3 rings (SSSR count). The maximum absolute atomic E-state index is 5.44. The molecule has 1 N–H and O–H groups in total. The predicted molar refractivity (Wildman–Crippen MR) is 70.8 cm³/mol. The summed E-state index contributed by atoms with van der Waals surface area (Å²) < 4.78 is 5.44. The smallest absolute Gasteiger partial charge is 0.122 e. The lowest BCUT2D eigenvalue weighted by atomic mass is 9.81. The van der Waals surface area contributed by atoms with Crippen molar-refractivity contribution in [2.24, 2.45) is 5.92 Å². The number of hydrogen-bond acceptors (Lipinski definition) is 2. The van der Waals surface area contributed by atoms with Gasteiger partial charge in [0.05, 0.1) is 13.4 Å². The minimum Gasteiger partial charge on any atom is -0.496 e. The highest BCUT2D eigenvalue weighted by atomic mass is 16.5. The number of hydrogen-bond donors (Lipinski definition) is 1. The summed E-state index contributed by atoms with van der Waals surface area (Å²) in [6.07, 6.45) is 8.28. The third kappa shape index (κ3) is 2.13. The highest BCUT2D eigenvalue weighted by Crippen LogP contribution is 2.33. The molecule has 0 spiro atoms. The molecule has 3 nitrogen and oxygen atoms in total. The number of fused-ring (bicyclic) bond motifs is 1. The summed E-state index contributed by atoms with van der Waals surface area (Å²) in [5.74, 6) is 1.76. The Kier molecular flexibility index (Phi) is 3.05. The van der Waals surface area contributed by atoms with E-state index in [9.17, 15) is 0 Å². The molecule has 1 aliphatic carbocycles. The maximum Gasteiger partial charge on any atom is 0.122 e. The highest BCUT2D eigenvalue weighted by molar-refractivity contribution is 5.42. The van der Waals surface area contributed by atoms with Gasteiger partial charge in [0.25, 0.3) is 0 Å². The van der Waals surface area contributed by atoms with Crippen LogP contribution in [0.15, 0.2) is 30.7 Å². The molecule has 18 heavy (non-hydrogen) atoms. The number of aromatic nitrogens is 2. The fourth-order valence-electron chi connectivity index (χ4n) is 2.92. The first-order valence-electron chi connectivity index (χ1n) is 6.49. The van der Waals surface area contributed by atoms with Crippen molar-refractivity contribution in [2.45, 2.75) is 25.7 Å². The number of imidazole rings is 1. The van der Waals surface area contributed by atoms with Crippen LogP contribution in [-0.2, 0) is 19.3 Å². The lowest BCUT2D eigenvalue weighted by molar-refractivity contribution is 0.393. The van der Waals surface area contributed by atoms with Crippen molar-refractivity contribution in [1.82, 2.24) is 9.97 Å². The molecule has 1 atom stereocenters. The van der Waals surface area contributed by atoms with Crippen molar-refractivity contribution in [3.05, 3.63) is 47.5 Å². The van der Waals surface area contributed by atoms with Crippen molar-refractivity contribution in [2.75, 3.05) is 7.11 Å². The SMILES string of the molecule is COc1cccc2c1CCC(Cc1cnc[nH]1)C2. The van der Waals surface area contributed by atoms with E-state index < -0.39 is 0 Å². The van der Waals surface area contributed by atoms with Gasteiger partial charge in [0.2, 0.25) is 0 Å². The Hall–Kier alpha value is -1.77. The molecule has 0 fully saturated rings. The molecular weight excluding hydrogens is 224 g/mol. The van der Waals surface area contributed by atoms with Gasteiger partial charge in [0.1, 0.15) is 5.75 Å². The molecule has 0 amide bonds. The molecule has 0 radical (unpaired) electrons. The van der Waals surface area contributed by atoms with E-state index in [1.807, 2.05) is 6.20 Å². The number of benzene rings is 1. The minimum atomic E-state index is 0.713. The van der Waals surface area contributed by atoms with Crippen molar-refractivity contribution < 1.29 is 4.74 Å². The van der Waals surface area contributed by atoms with Crippen molar-refractivity contribution >= 4 is 0 Å². The van der Waals surface area contributed by atoms with Crippen LogP contribution >= 0.6 is 0 Å². The summed E-state index contributed by atoms with van der Waals surface area (Å²) in [6, 6.07) is 6.39. The summed E-state index contributed by atoms with van der Waals surface area (Å²) >= 11 is 0. The van der Waals surface area contributed by atoms with Gasteiger partial charge in [-0.3, -0.25) is 0 Å². The van der Waals surface area contributed by atoms with Gasteiger partial charge >= 0.3 is 0 Å². The van der Waals surface area contributed by atoms with Crippen LogP contribution in [-0.4, -0.2) is 17.1 Å². The summed E-state index contributed by atoms with van der Waals surface area (Å²) in [5.41, 5.74) is 4.09. The molecule has 1 aromatic heterocycles. The van der Waals surface area contributed by atoms with E-state index >= 15 is 0 Å². The molecule has 0 saturated carbocycles. The number of aromatic amines is 1. The normalized spacial score (nSPS) is 18.4. The Morgan fingerprint density at radius 1 is 1.44 bits per heavy atom. The summed E-state index contributed by atoms with van der Waals surface area (Å²) in [4.78, 5) is 7.28. The quantitative estimate of drug-likeness (QED) is 0.898. The second-order valence-corrected chi connectivity index (χ2v) is 4.99. The van der Waals surface area contributed by atoms with E-state index in [2.05, 4.69) is 28.2 Å². The standard InChI is InChI=1S/C15H18N2O/c1-18-15-4-2-3-12-7-11(5-6-14(12)15)8-13-9-16-10-17-13/h2-4,9-11H,5-8H2,1H3,(H,16,17). The molecule has 94 valence electrons. The molecule has 2 aromatic rings. The predicted octanol–water partition coefficient (Wildman–Crippen LogP) is 2.77. The molecule has 1 heterocycles. The van der Waals surface area contributed by atoms with E-state index in [0.717, 1.165) is 25.0 Å². The molecule has 1 aliphatic rings. The van der Waals surface area contributed by atoms with E-state index in [-0.39, 0.29) is 0 Å². The van der Waals surface area contributed by atoms with E-state index in [4.69, 9.17) is 4.74 Å². The third-order valence-corrected chi connectivity index (χ3v) is 3.82. The van der Waals surface area contributed by atoms with Crippen molar-refractivity contribution in [3.63, 3.8) is 0 Å². The Balaban J connectivity index is 1.77. The summed E-state index contributed by atoms with van der Waals surface area (Å²) in [5, 5.41) is 0. The zero-order valence-electron chi connectivity index (χ0n) is 10.6.